The molecule has 0 atom stereocenters. The molecule has 108 valence electrons. The topological polar surface area (TPSA) is 0 Å². The first kappa shape index (κ1) is 13.1. The van der Waals surface area contributed by atoms with Gasteiger partial charge in [-0.05, 0) is 65.3 Å². The van der Waals surface area contributed by atoms with Crippen LogP contribution in [0.2, 0.25) is 0 Å². The molecule has 0 heterocycles. The van der Waals surface area contributed by atoms with Crippen molar-refractivity contribution in [1.29, 1.82) is 0 Å². The lowest BCUT2D eigenvalue weighted by Crippen LogP contribution is -2.67. The molecule has 0 radical (unpaired) electrons. The first-order chi connectivity index (χ1) is 10.2. The largest absolute Gasteiger partial charge is 0.207 e. The number of aryl methyl sites for hydroxylation is 1. The molecule has 3 aliphatic rings. The summed E-state index contributed by atoms with van der Waals surface area (Å²) in [7, 11) is 0. The van der Waals surface area contributed by atoms with Crippen LogP contribution in [-0.2, 0) is 17.3 Å². The van der Waals surface area contributed by atoms with Crippen LogP contribution in [0.25, 0.3) is 0 Å². The van der Waals surface area contributed by atoms with E-state index in [4.69, 9.17) is 0 Å². The number of rotatable bonds is 4. The van der Waals surface area contributed by atoms with Gasteiger partial charge in [0.05, 0.1) is 0 Å². The Morgan fingerprint density at radius 3 is 1.76 bits per heavy atom. The standard InChI is InChI=1S/C20H21F/c1-2-3-15-4-6-16(7-5-15)19-12-20(13-19,14-19)17-8-10-18(21)11-9-17/h4-11H,2-3,12-14H2,1H3. The zero-order valence-corrected chi connectivity index (χ0v) is 12.5. The predicted octanol–water partition coefficient (Wildman–Crippen LogP) is 5.15. The van der Waals surface area contributed by atoms with Crippen molar-refractivity contribution in [3.63, 3.8) is 0 Å². The van der Waals surface area contributed by atoms with Crippen molar-refractivity contribution < 1.29 is 4.39 Å². The molecule has 0 aromatic heterocycles. The highest BCUT2D eigenvalue weighted by molar-refractivity contribution is 5.48. The molecule has 0 unspecified atom stereocenters. The molecular weight excluding hydrogens is 259 g/mol. The Kier molecular flexibility index (Phi) is 2.76. The summed E-state index contributed by atoms with van der Waals surface area (Å²) >= 11 is 0. The molecule has 0 amide bonds. The third-order valence-electron chi connectivity index (χ3n) is 5.59. The van der Waals surface area contributed by atoms with Crippen LogP contribution >= 0.6 is 0 Å². The molecular formula is C20H21F. The highest BCUT2D eigenvalue weighted by Gasteiger charge is 2.68. The SMILES string of the molecule is CCCc1ccc(C23CC(c4ccc(F)cc4)(C2)C3)cc1. The maximum Gasteiger partial charge on any atom is 0.123 e. The lowest BCUT2D eigenvalue weighted by molar-refractivity contribution is -0.0693. The fourth-order valence-corrected chi connectivity index (χ4v) is 4.52. The molecule has 2 aromatic rings. The van der Waals surface area contributed by atoms with Crippen molar-refractivity contribution in [2.75, 3.05) is 0 Å². The molecule has 0 spiro atoms. The second kappa shape index (κ2) is 4.43. The summed E-state index contributed by atoms with van der Waals surface area (Å²) in [5, 5.41) is 0. The monoisotopic (exact) mass is 280 g/mol. The van der Waals surface area contributed by atoms with Gasteiger partial charge in [0.2, 0.25) is 0 Å². The summed E-state index contributed by atoms with van der Waals surface area (Å²) in [6, 6.07) is 16.4. The Labute approximate surface area is 126 Å². The van der Waals surface area contributed by atoms with E-state index < -0.39 is 0 Å². The Hall–Kier alpha value is -1.63. The normalized spacial score (nSPS) is 29.6. The molecule has 0 N–H and O–H groups in total. The summed E-state index contributed by atoms with van der Waals surface area (Å²) in [5.74, 6) is -0.133. The van der Waals surface area contributed by atoms with E-state index in [9.17, 15) is 4.39 Å². The van der Waals surface area contributed by atoms with Crippen molar-refractivity contribution in [2.45, 2.75) is 49.9 Å². The van der Waals surface area contributed by atoms with Gasteiger partial charge in [0.15, 0.2) is 0 Å². The highest BCUT2D eigenvalue weighted by Crippen LogP contribution is 2.73. The van der Waals surface area contributed by atoms with Gasteiger partial charge >= 0.3 is 0 Å². The van der Waals surface area contributed by atoms with Crippen molar-refractivity contribution in [3.8, 4) is 0 Å². The average Bonchev–Trinajstić information content (AvgIpc) is 2.40. The number of hydrogen-bond donors (Lipinski definition) is 0. The second-order valence-electron chi connectivity index (χ2n) is 7.04. The maximum atomic E-state index is 13.1. The molecule has 1 heteroatoms. The van der Waals surface area contributed by atoms with E-state index in [1.807, 2.05) is 12.1 Å². The van der Waals surface area contributed by atoms with E-state index in [-0.39, 0.29) is 5.82 Å². The average molecular weight is 280 g/mol. The van der Waals surface area contributed by atoms with Crippen LogP contribution in [0.3, 0.4) is 0 Å². The number of hydrogen-bond acceptors (Lipinski definition) is 0. The Balaban J connectivity index is 1.50. The summed E-state index contributed by atoms with van der Waals surface area (Å²) in [6.45, 7) is 2.22. The maximum absolute atomic E-state index is 13.1. The minimum atomic E-state index is -0.133. The lowest BCUT2D eigenvalue weighted by atomic mass is 9.32. The minimum absolute atomic E-state index is 0.133. The van der Waals surface area contributed by atoms with E-state index in [2.05, 4.69) is 31.2 Å². The van der Waals surface area contributed by atoms with Crippen molar-refractivity contribution in [1.82, 2.24) is 0 Å². The molecule has 2 bridgehead atoms. The van der Waals surface area contributed by atoms with Crippen LogP contribution in [0.1, 0.15) is 49.3 Å². The van der Waals surface area contributed by atoms with E-state index in [1.165, 1.54) is 48.8 Å². The summed E-state index contributed by atoms with van der Waals surface area (Å²) in [6.07, 6.45) is 6.08. The van der Waals surface area contributed by atoms with Crippen LogP contribution in [0.4, 0.5) is 4.39 Å². The molecule has 3 saturated carbocycles. The highest BCUT2D eigenvalue weighted by atomic mass is 19.1. The van der Waals surface area contributed by atoms with E-state index in [0.717, 1.165) is 0 Å². The quantitative estimate of drug-likeness (QED) is 0.726. The Bertz CT molecular complexity index is 631. The first-order valence-corrected chi connectivity index (χ1v) is 8.01. The smallest absolute Gasteiger partial charge is 0.123 e. The van der Waals surface area contributed by atoms with Gasteiger partial charge in [-0.3, -0.25) is 0 Å². The van der Waals surface area contributed by atoms with Gasteiger partial charge in [0.1, 0.15) is 5.82 Å². The second-order valence-corrected chi connectivity index (χ2v) is 7.04. The Morgan fingerprint density at radius 2 is 1.29 bits per heavy atom. The molecule has 3 fully saturated rings. The molecule has 2 aromatic carbocycles. The fourth-order valence-electron chi connectivity index (χ4n) is 4.52. The van der Waals surface area contributed by atoms with E-state index >= 15 is 0 Å². The molecule has 0 aliphatic heterocycles. The molecule has 21 heavy (non-hydrogen) atoms. The number of halogens is 1. The first-order valence-electron chi connectivity index (χ1n) is 8.01. The van der Waals surface area contributed by atoms with Gasteiger partial charge in [-0.1, -0.05) is 49.7 Å². The summed E-state index contributed by atoms with van der Waals surface area (Å²) in [5.41, 5.74) is 5.04. The molecule has 0 nitrogen and oxygen atoms in total. The van der Waals surface area contributed by atoms with Gasteiger partial charge in [-0.25, -0.2) is 4.39 Å². The zero-order chi connectivity index (χ0) is 14.5. The predicted molar refractivity (Wildman–Crippen MR) is 84.0 cm³/mol. The number of benzene rings is 2. The van der Waals surface area contributed by atoms with Crippen LogP contribution in [0.5, 0.6) is 0 Å². The molecule has 3 aliphatic carbocycles. The summed E-state index contributed by atoms with van der Waals surface area (Å²) < 4.78 is 13.1. The van der Waals surface area contributed by atoms with Crippen LogP contribution in [0, 0.1) is 5.82 Å². The minimum Gasteiger partial charge on any atom is -0.207 e. The summed E-state index contributed by atoms with van der Waals surface area (Å²) in [4.78, 5) is 0. The zero-order valence-electron chi connectivity index (χ0n) is 12.5. The van der Waals surface area contributed by atoms with Gasteiger partial charge < -0.3 is 0 Å². The Morgan fingerprint density at radius 1 is 0.810 bits per heavy atom. The third-order valence-corrected chi connectivity index (χ3v) is 5.59. The van der Waals surface area contributed by atoms with Gasteiger partial charge in [0, 0.05) is 0 Å². The van der Waals surface area contributed by atoms with E-state index in [0.29, 0.717) is 10.8 Å². The van der Waals surface area contributed by atoms with Crippen LogP contribution in [0.15, 0.2) is 48.5 Å². The van der Waals surface area contributed by atoms with Crippen molar-refractivity contribution in [3.05, 3.63) is 71.0 Å². The lowest BCUT2D eigenvalue weighted by Gasteiger charge is -2.71. The fraction of sp³-hybridized carbons (Fsp3) is 0.400. The van der Waals surface area contributed by atoms with Crippen molar-refractivity contribution in [2.24, 2.45) is 0 Å². The van der Waals surface area contributed by atoms with Gasteiger partial charge in [-0.15, -0.1) is 0 Å². The molecule has 0 saturated heterocycles. The van der Waals surface area contributed by atoms with Crippen molar-refractivity contribution >= 4 is 0 Å². The van der Waals surface area contributed by atoms with E-state index in [1.54, 1.807) is 12.1 Å². The molecule has 5 rings (SSSR count). The third kappa shape index (κ3) is 1.87. The van der Waals surface area contributed by atoms with Gasteiger partial charge in [-0.2, -0.15) is 0 Å². The van der Waals surface area contributed by atoms with Crippen LogP contribution < -0.4 is 0 Å². The van der Waals surface area contributed by atoms with Crippen LogP contribution in [-0.4, -0.2) is 0 Å². The van der Waals surface area contributed by atoms with Gasteiger partial charge in [0.25, 0.3) is 0 Å².